The number of nitrogens with zero attached hydrogens (tertiary/aromatic N) is 2. The minimum absolute atomic E-state index is 0.148. The van der Waals surface area contributed by atoms with Crippen LogP contribution in [0.4, 0.5) is 0 Å². The van der Waals surface area contributed by atoms with E-state index in [1.807, 2.05) is 6.20 Å². The Hall–Kier alpha value is -1.66. The Bertz CT molecular complexity index is 676. The number of β-amino-alcohol motifs (C(OH)–C–C–N with tert-alkyl or cyclic N) is 1. The second-order valence-corrected chi connectivity index (χ2v) is 6.42. The fraction of sp³-hybridized carbons (Fsp3) is 0.600. The molecule has 6 heteroatoms. The highest BCUT2D eigenvalue weighted by Gasteiger charge is 2.31. The van der Waals surface area contributed by atoms with Crippen LogP contribution >= 0.6 is 0 Å². The molecule has 0 amide bonds. The summed E-state index contributed by atoms with van der Waals surface area (Å²) < 4.78 is 0. The number of likely N-dealkylation sites (tertiary alicyclic amines) is 1. The molecule has 2 aromatic rings. The van der Waals surface area contributed by atoms with E-state index < -0.39 is 0 Å². The Morgan fingerprint density at radius 3 is 3.00 bits per heavy atom. The zero-order valence-electron chi connectivity index (χ0n) is 12.5. The van der Waals surface area contributed by atoms with Crippen LogP contribution in [0.15, 0.2) is 17.3 Å². The van der Waals surface area contributed by atoms with Crippen LogP contribution in [-0.2, 0) is 6.54 Å². The molecule has 3 heterocycles. The Kier molecular flexibility index (Phi) is 3.82. The van der Waals surface area contributed by atoms with Crippen molar-refractivity contribution in [1.82, 2.24) is 19.9 Å². The summed E-state index contributed by atoms with van der Waals surface area (Å²) in [7, 11) is 0. The predicted molar refractivity (Wildman–Crippen MR) is 80.9 cm³/mol. The van der Waals surface area contributed by atoms with Gasteiger partial charge in [-0.1, -0.05) is 13.8 Å². The molecule has 3 N–H and O–H groups in total. The third-order valence-electron chi connectivity index (χ3n) is 4.20. The second-order valence-electron chi connectivity index (χ2n) is 6.42. The van der Waals surface area contributed by atoms with Gasteiger partial charge in [-0.3, -0.25) is 9.69 Å². The number of H-pyrrole nitrogens is 2. The number of rotatable bonds is 4. The maximum absolute atomic E-state index is 11.7. The molecule has 2 aromatic heterocycles. The molecule has 6 nitrogen and oxygen atoms in total. The summed E-state index contributed by atoms with van der Waals surface area (Å²) in [6.45, 7) is 6.67. The number of aliphatic hydroxyl groups excluding tert-OH is 1. The van der Waals surface area contributed by atoms with Gasteiger partial charge in [0.1, 0.15) is 5.52 Å². The summed E-state index contributed by atoms with van der Waals surface area (Å²) in [4.78, 5) is 23.7. The summed E-state index contributed by atoms with van der Waals surface area (Å²) in [5.74, 6) is 0.935. The number of hydrogen-bond acceptors (Lipinski definition) is 4. The molecular weight excluding hydrogens is 268 g/mol. The van der Waals surface area contributed by atoms with Crippen molar-refractivity contribution in [3.8, 4) is 0 Å². The number of aromatic amines is 2. The van der Waals surface area contributed by atoms with E-state index in [1.165, 1.54) is 6.33 Å². The lowest BCUT2D eigenvalue weighted by molar-refractivity contribution is 0.131. The molecule has 1 aliphatic rings. The fourth-order valence-corrected chi connectivity index (χ4v) is 3.27. The lowest BCUT2D eigenvalue weighted by Crippen LogP contribution is -2.21. The van der Waals surface area contributed by atoms with Crippen LogP contribution < -0.4 is 5.56 Å². The fourth-order valence-electron chi connectivity index (χ4n) is 3.27. The number of aromatic nitrogens is 3. The highest BCUT2D eigenvalue weighted by Crippen LogP contribution is 2.26. The van der Waals surface area contributed by atoms with E-state index >= 15 is 0 Å². The minimum Gasteiger partial charge on any atom is -0.391 e. The van der Waals surface area contributed by atoms with Gasteiger partial charge in [0.25, 0.3) is 5.56 Å². The van der Waals surface area contributed by atoms with Gasteiger partial charge in [-0.2, -0.15) is 0 Å². The molecule has 1 aliphatic heterocycles. The normalized spacial score (nSPS) is 23.4. The van der Waals surface area contributed by atoms with Crippen LogP contribution in [0.1, 0.15) is 25.8 Å². The van der Waals surface area contributed by atoms with Gasteiger partial charge < -0.3 is 15.1 Å². The van der Waals surface area contributed by atoms with Gasteiger partial charge in [0.2, 0.25) is 0 Å². The minimum atomic E-state index is -0.256. The molecule has 0 aliphatic carbocycles. The van der Waals surface area contributed by atoms with E-state index in [4.69, 9.17) is 0 Å². The molecule has 0 radical (unpaired) electrons. The van der Waals surface area contributed by atoms with Crippen molar-refractivity contribution in [2.24, 2.45) is 11.8 Å². The van der Waals surface area contributed by atoms with Crippen molar-refractivity contribution < 1.29 is 5.11 Å². The predicted octanol–water partition coefficient (Wildman–Crippen LogP) is 1.09. The van der Waals surface area contributed by atoms with Gasteiger partial charge >= 0.3 is 0 Å². The summed E-state index contributed by atoms with van der Waals surface area (Å²) >= 11 is 0. The van der Waals surface area contributed by atoms with E-state index in [0.29, 0.717) is 30.4 Å². The quantitative estimate of drug-likeness (QED) is 0.787. The van der Waals surface area contributed by atoms with Crippen LogP contribution in [0.5, 0.6) is 0 Å². The number of fused-ring (bicyclic) bond motifs is 1. The highest BCUT2D eigenvalue weighted by atomic mass is 16.3. The van der Waals surface area contributed by atoms with Crippen LogP contribution in [0, 0.1) is 11.8 Å². The van der Waals surface area contributed by atoms with Crippen molar-refractivity contribution in [3.05, 3.63) is 28.4 Å². The summed E-state index contributed by atoms with van der Waals surface area (Å²) in [5.41, 5.74) is 2.10. The molecule has 2 atom stereocenters. The smallest absolute Gasteiger partial charge is 0.275 e. The van der Waals surface area contributed by atoms with Gasteiger partial charge in [0.05, 0.1) is 17.9 Å². The van der Waals surface area contributed by atoms with E-state index in [1.54, 1.807) is 0 Å². The average Bonchev–Trinajstić information content (AvgIpc) is 2.96. The molecule has 1 fully saturated rings. The van der Waals surface area contributed by atoms with Crippen molar-refractivity contribution in [3.63, 3.8) is 0 Å². The van der Waals surface area contributed by atoms with E-state index in [0.717, 1.165) is 24.0 Å². The Morgan fingerprint density at radius 2 is 2.24 bits per heavy atom. The molecule has 0 unspecified atom stereocenters. The number of hydrogen-bond donors (Lipinski definition) is 3. The lowest BCUT2D eigenvalue weighted by atomic mass is 9.95. The first-order chi connectivity index (χ1) is 10.0. The highest BCUT2D eigenvalue weighted by molar-refractivity contribution is 5.77. The molecule has 3 rings (SSSR count). The van der Waals surface area contributed by atoms with E-state index in [9.17, 15) is 9.90 Å². The maximum Gasteiger partial charge on any atom is 0.275 e. The summed E-state index contributed by atoms with van der Waals surface area (Å²) in [6, 6.07) is 0. The molecule has 0 saturated carbocycles. The third kappa shape index (κ3) is 2.87. The Morgan fingerprint density at radius 1 is 1.43 bits per heavy atom. The molecular formula is C15H22N4O2. The third-order valence-corrected chi connectivity index (χ3v) is 4.20. The topological polar surface area (TPSA) is 85.0 Å². The molecule has 0 bridgehead atoms. The first kappa shape index (κ1) is 14.3. The molecule has 21 heavy (non-hydrogen) atoms. The first-order valence-corrected chi connectivity index (χ1v) is 7.48. The van der Waals surface area contributed by atoms with Crippen LogP contribution in [0.25, 0.3) is 11.0 Å². The number of aliphatic hydroxyl groups is 1. The summed E-state index contributed by atoms with van der Waals surface area (Å²) in [5, 5.41) is 10.2. The lowest BCUT2D eigenvalue weighted by Gasteiger charge is -2.16. The molecule has 114 valence electrons. The number of nitrogens with one attached hydrogen (secondary N) is 2. The monoisotopic (exact) mass is 290 g/mol. The van der Waals surface area contributed by atoms with Crippen LogP contribution in [0.2, 0.25) is 0 Å². The molecule has 0 aromatic carbocycles. The van der Waals surface area contributed by atoms with Gasteiger partial charge in [0, 0.05) is 31.4 Å². The SMILES string of the molecule is CC(C)C[C@H]1CN(Cc2c[nH]c3c(=O)[nH]cnc23)C[C@H]1O. The first-order valence-electron chi connectivity index (χ1n) is 7.48. The Labute approximate surface area is 123 Å². The van der Waals surface area contributed by atoms with Gasteiger partial charge in [-0.05, 0) is 18.3 Å². The maximum atomic E-state index is 11.7. The standard InChI is InChI=1S/C15H22N4O2/c1-9(2)3-10-5-19(7-12(10)20)6-11-4-16-14-13(11)17-8-18-15(14)21/h4,8-10,12,16,20H,3,5-7H2,1-2H3,(H,17,18,21)/t10-,12+/m0/s1. The van der Waals surface area contributed by atoms with Crippen LogP contribution in [0.3, 0.4) is 0 Å². The molecule has 0 spiro atoms. The largest absolute Gasteiger partial charge is 0.391 e. The second kappa shape index (κ2) is 5.61. The molecule has 1 saturated heterocycles. The average molecular weight is 290 g/mol. The van der Waals surface area contributed by atoms with Crippen LogP contribution in [-0.4, -0.2) is 44.2 Å². The Balaban J connectivity index is 1.75. The van der Waals surface area contributed by atoms with Gasteiger partial charge in [-0.15, -0.1) is 0 Å². The van der Waals surface area contributed by atoms with Gasteiger partial charge in [0.15, 0.2) is 0 Å². The van der Waals surface area contributed by atoms with Gasteiger partial charge in [-0.25, -0.2) is 4.98 Å². The zero-order chi connectivity index (χ0) is 15.0. The van der Waals surface area contributed by atoms with Crippen molar-refractivity contribution >= 4 is 11.0 Å². The van der Waals surface area contributed by atoms with Crippen molar-refractivity contribution in [2.75, 3.05) is 13.1 Å². The van der Waals surface area contributed by atoms with E-state index in [-0.39, 0.29) is 11.7 Å². The summed E-state index contributed by atoms with van der Waals surface area (Å²) in [6.07, 6.45) is 4.06. The zero-order valence-corrected chi connectivity index (χ0v) is 12.5. The van der Waals surface area contributed by atoms with Crippen molar-refractivity contribution in [2.45, 2.75) is 32.9 Å². The van der Waals surface area contributed by atoms with Crippen molar-refractivity contribution in [1.29, 1.82) is 0 Å². The van der Waals surface area contributed by atoms with E-state index in [2.05, 4.69) is 33.7 Å².